The van der Waals surface area contributed by atoms with Gasteiger partial charge >= 0.3 is 5.69 Å². The summed E-state index contributed by atoms with van der Waals surface area (Å²) in [6.45, 7) is 2.07. The molecule has 0 radical (unpaired) electrons. The number of aryl methyl sites for hydroxylation is 1. The van der Waals surface area contributed by atoms with Crippen molar-refractivity contribution in [2.45, 2.75) is 6.92 Å². The highest BCUT2D eigenvalue weighted by Crippen LogP contribution is 2.13. The molecule has 0 aliphatic rings. The van der Waals surface area contributed by atoms with Crippen LogP contribution in [0.3, 0.4) is 0 Å². The number of ketones is 1. The smallest absolute Gasteiger partial charge is 0.351 e. The first kappa shape index (κ1) is 16.6. The van der Waals surface area contributed by atoms with Gasteiger partial charge in [0.05, 0.1) is 12.3 Å². The van der Waals surface area contributed by atoms with Crippen LogP contribution in [0, 0.1) is 0 Å². The van der Waals surface area contributed by atoms with E-state index in [2.05, 4.69) is 5.10 Å². The van der Waals surface area contributed by atoms with E-state index in [1.807, 2.05) is 0 Å². The van der Waals surface area contributed by atoms with E-state index in [4.69, 9.17) is 9.47 Å². The van der Waals surface area contributed by atoms with Crippen molar-refractivity contribution < 1.29 is 14.3 Å². The second-order valence-corrected chi connectivity index (χ2v) is 4.79. The van der Waals surface area contributed by atoms with Crippen LogP contribution in [-0.4, -0.2) is 40.5 Å². The van der Waals surface area contributed by atoms with E-state index < -0.39 is 17.0 Å². The lowest BCUT2D eigenvalue weighted by molar-refractivity contribution is 0.100. The Bertz CT molecular complexity index is 820. The van der Waals surface area contributed by atoms with Crippen LogP contribution in [0.4, 0.5) is 0 Å². The zero-order valence-electron chi connectivity index (χ0n) is 13.1. The minimum atomic E-state index is -0.742. The van der Waals surface area contributed by atoms with Crippen molar-refractivity contribution in [3.63, 3.8) is 0 Å². The van der Waals surface area contributed by atoms with Gasteiger partial charge in [-0.05, 0) is 24.3 Å². The van der Waals surface area contributed by atoms with E-state index in [-0.39, 0.29) is 5.69 Å². The van der Waals surface area contributed by atoms with Gasteiger partial charge in [0.1, 0.15) is 12.4 Å². The molecule has 0 amide bonds. The second-order valence-electron chi connectivity index (χ2n) is 4.79. The summed E-state index contributed by atoms with van der Waals surface area (Å²) in [5.41, 5.74) is -1.33. The summed E-state index contributed by atoms with van der Waals surface area (Å²) in [6.07, 6.45) is 0. The average molecular weight is 319 g/mol. The van der Waals surface area contributed by atoms with Gasteiger partial charge in [-0.2, -0.15) is 5.10 Å². The molecule has 1 aromatic heterocycles. The van der Waals surface area contributed by atoms with Crippen LogP contribution in [-0.2, 0) is 11.8 Å². The molecule has 1 aromatic carbocycles. The first-order valence-electron chi connectivity index (χ1n) is 6.89. The predicted molar refractivity (Wildman–Crippen MR) is 82.5 cm³/mol. The van der Waals surface area contributed by atoms with Gasteiger partial charge in [0, 0.05) is 21.1 Å². The SMILES string of the molecule is COCCOc1ccc(-n2c(=O)c(C(C)=O)nn(C)c2=O)cc1. The largest absolute Gasteiger partial charge is 0.491 e. The lowest BCUT2D eigenvalue weighted by Crippen LogP contribution is -2.42. The molecule has 0 aliphatic carbocycles. The van der Waals surface area contributed by atoms with Crippen LogP contribution in [0.1, 0.15) is 17.4 Å². The number of benzene rings is 1. The van der Waals surface area contributed by atoms with Gasteiger partial charge in [-0.15, -0.1) is 0 Å². The topological polar surface area (TPSA) is 92.4 Å². The number of ether oxygens (including phenoxy) is 2. The van der Waals surface area contributed by atoms with Crippen LogP contribution >= 0.6 is 0 Å². The molecule has 0 N–H and O–H groups in total. The fraction of sp³-hybridized carbons (Fsp3) is 0.333. The molecule has 0 bridgehead atoms. The van der Waals surface area contributed by atoms with Crippen molar-refractivity contribution in [2.24, 2.45) is 7.05 Å². The van der Waals surface area contributed by atoms with E-state index in [1.54, 1.807) is 31.4 Å². The van der Waals surface area contributed by atoms with Gasteiger partial charge in [0.15, 0.2) is 11.5 Å². The van der Waals surface area contributed by atoms with E-state index in [1.165, 1.54) is 14.0 Å². The normalized spacial score (nSPS) is 10.6. The fourth-order valence-corrected chi connectivity index (χ4v) is 1.96. The fourth-order valence-electron chi connectivity index (χ4n) is 1.96. The Balaban J connectivity index is 2.44. The average Bonchev–Trinajstić information content (AvgIpc) is 2.52. The molecule has 2 aromatic rings. The maximum absolute atomic E-state index is 12.3. The molecule has 0 aliphatic heterocycles. The lowest BCUT2D eigenvalue weighted by atomic mass is 10.3. The number of Topliss-reactive ketones (excluding diaryl/α,β-unsaturated/α-hetero) is 1. The highest BCUT2D eigenvalue weighted by molar-refractivity contribution is 5.91. The van der Waals surface area contributed by atoms with Crippen LogP contribution < -0.4 is 16.0 Å². The lowest BCUT2D eigenvalue weighted by Gasteiger charge is -2.09. The Hall–Kier alpha value is -2.74. The van der Waals surface area contributed by atoms with Crippen LogP contribution in [0.15, 0.2) is 33.9 Å². The first-order valence-corrected chi connectivity index (χ1v) is 6.89. The molecular formula is C15H17N3O5. The molecule has 0 atom stereocenters. The number of nitrogens with zero attached hydrogens (tertiary/aromatic N) is 3. The molecule has 0 spiro atoms. The molecule has 23 heavy (non-hydrogen) atoms. The Morgan fingerprint density at radius 1 is 1.17 bits per heavy atom. The minimum Gasteiger partial charge on any atom is -0.491 e. The summed E-state index contributed by atoms with van der Waals surface area (Å²) in [5.74, 6) is 0.0791. The Morgan fingerprint density at radius 3 is 2.39 bits per heavy atom. The Labute approximate surface area is 131 Å². The summed E-state index contributed by atoms with van der Waals surface area (Å²) in [4.78, 5) is 36.0. The monoisotopic (exact) mass is 319 g/mol. The summed E-state index contributed by atoms with van der Waals surface area (Å²) in [5, 5.41) is 3.71. The van der Waals surface area contributed by atoms with Crippen molar-refractivity contribution >= 4 is 5.78 Å². The van der Waals surface area contributed by atoms with Crippen LogP contribution in [0.5, 0.6) is 5.75 Å². The van der Waals surface area contributed by atoms with Gasteiger partial charge in [0.25, 0.3) is 5.56 Å². The van der Waals surface area contributed by atoms with Gasteiger partial charge < -0.3 is 9.47 Å². The zero-order chi connectivity index (χ0) is 17.0. The van der Waals surface area contributed by atoms with E-state index in [0.717, 1.165) is 9.25 Å². The number of hydrogen-bond acceptors (Lipinski definition) is 6. The minimum absolute atomic E-state index is 0.285. The molecule has 2 rings (SSSR count). The molecule has 8 nitrogen and oxygen atoms in total. The number of hydrogen-bond donors (Lipinski definition) is 0. The summed E-state index contributed by atoms with van der Waals surface area (Å²) in [6, 6.07) is 6.39. The molecule has 0 saturated carbocycles. The van der Waals surface area contributed by atoms with E-state index in [0.29, 0.717) is 24.7 Å². The molecule has 0 unspecified atom stereocenters. The molecule has 1 heterocycles. The maximum Gasteiger partial charge on any atom is 0.351 e. The van der Waals surface area contributed by atoms with Crippen molar-refractivity contribution in [3.8, 4) is 11.4 Å². The molecule has 0 saturated heterocycles. The van der Waals surface area contributed by atoms with Crippen LogP contribution in [0.2, 0.25) is 0 Å². The van der Waals surface area contributed by atoms with Crippen molar-refractivity contribution in [2.75, 3.05) is 20.3 Å². The first-order chi connectivity index (χ1) is 11.0. The number of aromatic nitrogens is 3. The molecule has 122 valence electrons. The third-order valence-corrected chi connectivity index (χ3v) is 3.11. The van der Waals surface area contributed by atoms with Crippen molar-refractivity contribution in [3.05, 3.63) is 50.8 Å². The molecule has 8 heteroatoms. The zero-order valence-corrected chi connectivity index (χ0v) is 13.1. The molecular weight excluding hydrogens is 302 g/mol. The number of carbonyl (C=O) groups is 1. The summed E-state index contributed by atoms with van der Waals surface area (Å²) < 4.78 is 12.2. The van der Waals surface area contributed by atoms with Gasteiger partial charge in [-0.3, -0.25) is 9.59 Å². The van der Waals surface area contributed by atoms with Gasteiger partial charge in [0.2, 0.25) is 0 Å². The number of carbonyl (C=O) groups excluding carboxylic acids is 1. The Morgan fingerprint density at radius 2 is 1.83 bits per heavy atom. The quantitative estimate of drug-likeness (QED) is 0.556. The van der Waals surface area contributed by atoms with Crippen LogP contribution in [0.25, 0.3) is 5.69 Å². The van der Waals surface area contributed by atoms with Crippen molar-refractivity contribution in [1.29, 1.82) is 0 Å². The number of rotatable bonds is 6. The Kier molecular flexibility index (Phi) is 5.07. The van der Waals surface area contributed by atoms with Gasteiger partial charge in [-0.1, -0.05) is 0 Å². The third-order valence-electron chi connectivity index (χ3n) is 3.11. The highest BCUT2D eigenvalue weighted by atomic mass is 16.5. The molecule has 0 fully saturated rings. The summed E-state index contributed by atoms with van der Waals surface area (Å²) in [7, 11) is 2.96. The van der Waals surface area contributed by atoms with Crippen molar-refractivity contribution in [1.82, 2.24) is 14.3 Å². The predicted octanol–water partition coefficient (Wildman–Crippen LogP) is 0.159. The number of methoxy groups -OCH3 is 1. The van der Waals surface area contributed by atoms with Gasteiger partial charge in [-0.25, -0.2) is 14.0 Å². The summed E-state index contributed by atoms with van der Waals surface area (Å²) >= 11 is 0. The third kappa shape index (κ3) is 3.54. The standard InChI is InChI=1S/C15H17N3O5/c1-10(19)13-14(20)18(15(21)17(2)16-13)11-4-6-12(7-5-11)23-9-8-22-3/h4-7H,8-9H2,1-3H3. The highest BCUT2D eigenvalue weighted by Gasteiger charge is 2.16. The van der Waals surface area contributed by atoms with E-state index in [9.17, 15) is 14.4 Å². The van der Waals surface area contributed by atoms with E-state index >= 15 is 0 Å². The maximum atomic E-state index is 12.3. The second kappa shape index (κ2) is 7.01.